The van der Waals surface area contributed by atoms with E-state index in [1.807, 2.05) is 6.07 Å². The highest BCUT2D eigenvalue weighted by atomic mass is 16.5. The van der Waals surface area contributed by atoms with Crippen LogP contribution in [0.5, 0.6) is 0 Å². The van der Waals surface area contributed by atoms with Crippen LogP contribution in [0, 0.1) is 17.2 Å². The fourth-order valence-electron chi connectivity index (χ4n) is 0.383. The lowest BCUT2D eigenvalue weighted by atomic mass is 10.2. The molecular formula is C11H17NO4. The molecular weight excluding hydrogens is 210 g/mol. The molecule has 0 saturated heterocycles. The molecule has 0 aliphatic rings. The summed E-state index contributed by atoms with van der Waals surface area (Å²) in [6.07, 6.45) is 2.12. The molecule has 5 heteroatoms. The Labute approximate surface area is 95.3 Å². The van der Waals surface area contributed by atoms with E-state index in [0.29, 0.717) is 19.4 Å². The predicted octanol–water partition coefficient (Wildman–Crippen LogP) is 1.75. The Bertz CT molecular complexity index is 266. The van der Waals surface area contributed by atoms with Crippen molar-refractivity contribution in [2.45, 2.75) is 26.7 Å². The number of unbranched alkanes of at least 4 members (excludes halogenated alkanes) is 1. The van der Waals surface area contributed by atoms with Gasteiger partial charge in [-0.1, -0.05) is 20.4 Å². The van der Waals surface area contributed by atoms with Crippen molar-refractivity contribution in [3.63, 3.8) is 0 Å². The van der Waals surface area contributed by atoms with E-state index in [1.54, 1.807) is 13.8 Å². The molecule has 0 radical (unpaired) electrons. The zero-order valence-corrected chi connectivity index (χ0v) is 9.60. The van der Waals surface area contributed by atoms with Gasteiger partial charge in [0.2, 0.25) is 0 Å². The molecule has 0 fully saturated rings. The average Bonchev–Trinajstić information content (AvgIpc) is 2.24. The van der Waals surface area contributed by atoms with Crippen LogP contribution in [0.4, 0.5) is 0 Å². The smallest absolute Gasteiger partial charge is 0.330 e. The highest BCUT2D eigenvalue weighted by molar-refractivity contribution is 5.81. The number of esters is 1. The minimum Gasteiger partial charge on any atom is -0.481 e. The molecule has 16 heavy (non-hydrogen) atoms. The zero-order valence-electron chi connectivity index (χ0n) is 9.60. The van der Waals surface area contributed by atoms with E-state index in [2.05, 4.69) is 11.3 Å². The number of nitrogens with zero attached hydrogens (tertiary/aromatic N) is 1. The Morgan fingerprint density at radius 3 is 2.38 bits per heavy atom. The first-order valence-electron chi connectivity index (χ1n) is 4.84. The number of ether oxygens (including phenoxy) is 1. The molecule has 0 bridgehead atoms. The van der Waals surface area contributed by atoms with Gasteiger partial charge in [0.05, 0.1) is 18.6 Å². The Hall–Kier alpha value is -1.83. The standard InChI is InChI=1S/C7H9NO2.C4H8O2/c1-2-7(9)10-6-4-3-5-8;1-3(2)4(5)6/h2H,1,3-4,6H2;3H,1-2H3,(H,5,6). The van der Waals surface area contributed by atoms with Gasteiger partial charge in [0.15, 0.2) is 0 Å². The van der Waals surface area contributed by atoms with Gasteiger partial charge in [-0.2, -0.15) is 5.26 Å². The predicted molar refractivity (Wildman–Crippen MR) is 58.5 cm³/mol. The summed E-state index contributed by atoms with van der Waals surface area (Å²) in [4.78, 5) is 20.1. The van der Waals surface area contributed by atoms with Gasteiger partial charge in [0, 0.05) is 12.5 Å². The van der Waals surface area contributed by atoms with E-state index in [1.165, 1.54) is 0 Å². The number of carboxylic acid groups (broad SMARTS) is 1. The molecule has 0 atom stereocenters. The quantitative estimate of drug-likeness (QED) is 0.439. The van der Waals surface area contributed by atoms with Crippen LogP contribution < -0.4 is 0 Å². The number of aliphatic carboxylic acids is 1. The number of carboxylic acids is 1. The van der Waals surface area contributed by atoms with E-state index in [0.717, 1.165) is 6.08 Å². The van der Waals surface area contributed by atoms with E-state index >= 15 is 0 Å². The van der Waals surface area contributed by atoms with Crippen molar-refractivity contribution in [2.24, 2.45) is 5.92 Å². The second kappa shape index (κ2) is 11.2. The van der Waals surface area contributed by atoms with Crippen molar-refractivity contribution in [1.29, 1.82) is 5.26 Å². The van der Waals surface area contributed by atoms with Gasteiger partial charge in [-0.25, -0.2) is 4.79 Å². The Morgan fingerprint density at radius 1 is 1.56 bits per heavy atom. The number of hydrogen-bond acceptors (Lipinski definition) is 4. The highest BCUT2D eigenvalue weighted by Gasteiger charge is 1.99. The van der Waals surface area contributed by atoms with Crippen LogP contribution in [0.3, 0.4) is 0 Å². The number of nitriles is 1. The van der Waals surface area contributed by atoms with Crippen molar-refractivity contribution < 1.29 is 19.4 Å². The third-order valence-electron chi connectivity index (χ3n) is 1.34. The first-order chi connectivity index (χ1) is 7.45. The molecule has 0 heterocycles. The Morgan fingerprint density at radius 2 is 2.06 bits per heavy atom. The van der Waals surface area contributed by atoms with Crippen LogP contribution >= 0.6 is 0 Å². The molecule has 0 unspecified atom stereocenters. The van der Waals surface area contributed by atoms with Crippen molar-refractivity contribution >= 4 is 11.9 Å². The summed E-state index contributed by atoms with van der Waals surface area (Å²) in [5.74, 6) is -1.40. The third kappa shape index (κ3) is 14.7. The second-order valence-corrected chi connectivity index (χ2v) is 3.13. The van der Waals surface area contributed by atoms with Gasteiger partial charge in [0.25, 0.3) is 0 Å². The Balaban J connectivity index is 0. The van der Waals surface area contributed by atoms with Gasteiger partial charge in [-0.3, -0.25) is 4.79 Å². The summed E-state index contributed by atoms with van der Waals surface area (Å²) in [5.41, 5.74) is 0. The lowest BCUT2D eigenvalue weighted by molar-refractivity contribution is -0.140. The largest absolute Gasteiger partial charge is 0.481 e. The number of carbonyl (C=O) groups is 2. The van der Waals surface area contributed by atoms with Crippen LogP contribution in [0.2, 0.25) is 0 Å². The van der Waals surface area contributed by atoms with Crippen LogP contribution in [0.15, 0.2) is 12.7 Å². The lowest BCUT2D eigenvalue weighted by Gasteiger charge is -1.96. The molecule has 90 valence electrons. The summed E-state index contributed by atoms with van der Waals surface area (Å²) < 4.78 is 4.59. The van der Waals surface area contributed by atoms with E-state index in [9.17, 15) is 9.59 Å². The number of rotatable bonds is 5. The average molecular weight is 227 g/mol. The number of carbonyl (C=O) groups excluding carboxylic acids is 1. The van der Waals surface area contributed by atoms with Gasteiger partial charge in [0.1, 0.15) is 0 Å². The monoisotopic (exact) mass is 227 g/mol. The first kappa shape index (κ1) is 16.6. The molecule has 0 saturated carbocycles. The molecule has 0 aromatic rings. The molecule has 0 aliphatic carbocycles. The van der Waals surface area contributed by atoms with E-state index < -0.39 is 11.9 Å². The second-order valence-electron chi connectivity index (χ2n) is 3.13. The van der Waals surface area contributed by atoms with Crippen LogP contribution in [-0.4, -0.2) is 23.7 Å². The molecule has 0 rings (SSSR count). The highest BCUT2D eigenvalue weighted by Crippen LogP contribution is 1.88. The van der Waals surface area contributed by atoms with Crippen molar-refractivity contribution in [1.82, 2.24) is 0 Å². The van der Waals surface area contributed by atoms with Gasteiger partial charge < -0.3 is 9.84 Å². The topological polar surface area (TPSA) is 87.4 Å². The van der Waals surface area contributed by atoms with Crippen LogP contribution in [0.25, 0.3) is 0 Å². The minimum atomic E-state index is -0.741. The first-order valence-corrected chi connectivity index (χ1v) is 4.84. The summed E-state index contributed by atoms with van der Waals surface area (Å²) in [6, 6.07) is 1.94. The van der Waals surface area contributed by atoms with Crippen molar-refractivity contribution in [2.75, 3.05) is 6.61 Å². The van der Waals surface area contributed by atoms with Gasteiger partial charge in [-0.05, 0) is 6.42 Å². The maximum absolute atomic E-state index is 10.4. The third-order valence-corrected chi connectivity index (χ3v) is 1.34. The summed E-state index contributed by atoms with van der Waals surface area (Å²) >= 11 is 0. The van der Waals surface area contributed by atoms with Gasteiger partial charge >= 0.3 is 11.9 Å². The van der Waals surface area contributed by atoms with Crippen molar-refractivity contribution in [3.8, 4) is 6.07 Å². The molecule has 0 spiro atoms. The molecule has 0 aromatic carbocycles. The van der Waals surface area contributed by atoms with Crippen molar-refractivity contribution in [3.05, 3.63) is 12.7 Å². The van der Waals surface area contributed by atoms with Crippen LogP contribution in [-0.2, 0) is 14.3 Å². The lowest BCUT2D eigenvalue weighted by Crippen LogP contribution is -2.03. The zero-order chi connectivity index (χ0) is 13.0. The number of hydrogen-bond donors (Lipinski definition) is 1. The molecule has 0 aromatic heterocycles. The SMILES string of the molecule is C=CC(=O)OCCCC#N.CC(C)C(=O)O. The maximum atomic E-state index is 10.4. The molecule has 0 aliphatic heterocycles. The van der Waals surface area contributed by atoms with E-state index in [4.69, 9.17) is 10.4 Å². The van der Waals surface area contributed by atoms with Gasteiger partial charge in [-0.15, -0.1) is 0 Å². The normalized spacial score (nSPS) is 8.38. The maximum Gasteiger partial charge on any atom is 0.330 e. The summed E-state index contributed by atoms with van der Waals surface area (Å²) in [7, 11) is 0. The fourth-order valence-corrected chi connectivity index (χ4v) is 0.383. The van der Waals surface area contributed by atoms with E-state index in [-0.39, 0.29) is 5.92 Å². The molecule has 1 N–H and O–H groups in total. The van der Waals surface area contributed by atoms with Crippen LogP contribution in [0.1, 0.15) is 26.7 Å². The molecule has 0 amide bonds. The Kier molecular flexibility index (Phi) is 11.7. The minimum absolute atomic E-state index is 0.231. The summed E-state index contributed by atoms with van der Waals surface area (Å²) in [6.45, 7) is 6.81. The molecule has 5 nitrogen and oxygen atoms in total. The summed E-state index contributed by atoms with van der Waals surface area (Å²) in [5, 5.41) is 16.1. The fraction of sp³-hybridized carbons (Fsp3) is 0.545.